The molecule has 0 aliphatic rings. The van der Waals surface area contributed by atoms with Gasteiger partial charge in [0.1, 0.15) is 5.82 Å². The number of nitrogens with one attached hydrogen (secondary N) is 2. The average molecular weight is 259 g/mol. The van der Waals surface area contributed by atoms with Crippen LogP contribution in [0.3, 0.4) is 0 Å². The van der Waals surface area contributed by atoms with E-state index < -0.39 is 0 Å². The average Bonchev–Trinajstić information content (AvgIpc) is 2.92. The lowest BCUT2D eigenvalue weighted by atomic mass is 10.1. The van der Waals surface area contributed by atoms with Crippen LogP contribution >= 0.6 is 0 Å². The molecule has 0 bridgehead atoms. The van der Waals surface area contributed by atoms with Gasteiger partial charge in [-0.15, -0.1) is 0 Å². The van der Waals surface area contributed by atoms with Crippen LogP contribution in [0.15, 0.2) is 30.5 Å². The van der Waals surface area contributed by atoms with Crippen molar-refractivity contribution in [1.29, 1.82) is 0 Å². The van der Waals surface area contributed by atoms with Gasteiger partial charge in [-0.05, 0) is 17.5 Å². The van der Waals surface area contributed by atoms with Crippen LogP contribution in [0.25, 0.3) is 11.3 Å². The molecule has 0 fully saturated rings. The van der Waals surface area contributed by atoms with Crippen LogP contribution in [-0.4, -0.2) is 30.2 Å². The first-order valence-corrected chi connectivity index (χ1v) is 6.66. The molecule has 2 aromatic rings. The van der Waals surface area contributed by atoms with E-state index in [4.69, 9.17) is 4.74 Å². The van der Waals surface area contributed by atoms with E-state index >= 15 is 0 Å². The Hall–Kier alpha value is -1.65. The lowest BCUT2D eigenvalue weighted by Crippen LogP contribution is -2.19. The molecule has 0 aliphatic carbocycles. The molecule has 0 aliphatic heterocycles. The molecule has 0 saturated heterocycles. The number of aryl methyl sites for hydroxylation is 1. The minimum atomic E-state index is 0.714. The largest absolute Gasteiger partial charge is 0.383 e. The monoisotopic (exact) mass is 259 g/mol. The van der Waals surface area contributed by atoms with Crippen LogP contribution in [0.5, 0.6) is 0 Å². The van der Waals surface area contributed by atoms with E-state index in [9.17, 15) is 0 Å². The second-order valence-electron chi connectivity index (χ2n) is 4.46. The topological polar surface area (TPSA) is 49.9 Å². The van der Waals surface area contributed by atoms with Gasteiger partial charge in [-0.1, -0.05) is 31.2 Å². The third kappa shape index (κ3) is 3.91. The summed E-state index contributed by atoms with van der Waals surface area (Å²) in [5.41, 5.74) is 3.59. The third-order valence-electron chi connectivity index (χ3n) is 3.08. The second-order valence-corrected chi connectivity index (χ2v) is 4.46. The molecule has 2 rings (SSSR count). The smallest absolute Gasteiger partial charge is 0.120 e. The molecule has 19 heavy (non-hydrogen) atoms. The fraction of sp³-hybridized carbons (Fsp3) is 0.400. The molecular weight excluding hydrogens is 238 g/mol. The van der Waals surface area contributed by atoms with Gasteiger partial charge in [0.15, 0.2) is 0 Å². The Labute approximate surface area is 114 Å². The van der Waals surface area contributed by atoms with E-state index in [-0.39, 0.29) is 0 Å². The van der Waals surface area contributed by atoms with E-state index in [1.54, 1.807) is 7.11 Å². The van der Waals surface area contributed by atoms with E-state index in [1.165, 1.54) is 11.1 Å². The molecule has 0 unspecified atom stereocenters. The molecule has 2 N–H and O–H groups in total. The molecule has 0 radical (unpaired) electrons. The second kappa shape index (κ2) is 7.07. The van der Waals surface area contributed by atoms with Crippen molar-refractivity contribution in [3.63, 3.8) is 0 Å². The van der Waals surface area contributed by atoms with Gasteiger partial charge in [0.05, 0.1) is 25.0 Å². The van der Waals surface area contributed by atoms with Crippen molar-refractivity contribution in [2.24, 2.45) is 0 Å². The summed E-state index contributed by atoms with van der Waals surface area (Å²) in [6.07, 6.45) is 2.95. The molecule has 4 nitrogen and oxygen atoms in total. The Bertz CT molecular complexity index is 490. The number of methoxy groups -OCH3 is 1. The van der Waals surface area contributed by atoms with Crippen LogP contribution in [0.1, 0.15) is 18.3 Å². The predicted octanol–water partition coefficient (Wildman–Crippen LogP) is 2.38. The van der Waals surface area contributed by atoms with Crippen molar-refractivity contribution in [3.05, 3.63) is 41.9 Å². The summed E-state index contributed by atoms with van der Waals surface area (Å²) in [6, 6.07) is 8.59. The first-order valence-electron chi connectivity index (χ1n) is 6.66. The minimum absolute atomic E-state index is 0.714. The van der Waals surface area contributed by atoms with Gasteiger partial charge in [-0.2, -0.15) is 0 Å². The zero-order valence-corrected chi connectivity index (χ0v) is 11.6. The molecule has 102 valence electrons. The molecule has 4 heteroatoms. The van der Waals surface area contributed by atoms with Crippen LogP contribution in [0.4, 0.5) is 0 Å². The zero-order chi connectivity index (χ0) is 13.5. The predicted molar refractivity (Wildman–Crippen MR) is 77.0 cm³/mol. The molecular formula is C15H21N3O. The number of hydrogen-bond donors (Lipinski definition) is 2. The van der Waals surface area contributed by atoms with Crippen LogP contribution < -0.4 is 5.32 Å². The lowest BCUT2D eigenvalue weighted by Gasteiger charge is -2.02. The van der Waals surface area contributed by atoms with Gasteiger partial charge in [0.25, 0.3) is 0 Å². The van der Waals surface area contributed by atoms with Crippen molar-refractivity contribution in [3.8, 4) is 11.3 Å². The fourth-order valence-electron chi connectivity index (χ4n) is 1.90. The molecule has 0 spiro atoms. The standard InChI is InChI=1S/C15H21N3O/c1-3-12-4-6-13(7-5-12)14-10-17-15(18-14)11-16-8-9-19-2/h4-7,10,16H,3,8-9,11H2,1-2H3,(H,17,18). The Morgan fingerprint density at radius 2 is 2.05 bits per heavy atom. The highest BCUT2D eigenvalue weighted by Gasteiger charge is 2.03. The Kier molecular flexibility index (Phi) is 5.12. The minimum Gasteiger partial charge on any atom is -0.383 e. The highest BCUT2D eigenvalue weighted by atomic mass is 16.5. The highest BCUT2D eigenvalue weighted by Crippen LogP contribution is 2.17. The van der Waals surface area contributed by atoms with Gasteiger partial charge in [-0.25, -0.2) is 4.98 Å². The van der Waals surface area contributed by atoms with Gasteiger partial charge >= 0.3 is 0 Å². The van der Waals surface area contributed by atoms with Gasteiger partial charge in [0, 0.05) is 13.7 Å². The lowest BCUT2D eigenvalue weighted by molar-refractivity contribution is 0.199. The number of ether oxygens (including phenoxy) is 1. The summed E-state index contributed by atoms with van der Waals surface area (Å²) in [6.45, 7) is 4.44. The SMILES string of the molecule is CCc1ccc(-c2cnc(CNCCOC)[nH]2)cc1. The molecule has 1 heterocycles. The number of hydrogen-bond acceptors (Lipinski definition) is 3. The number of rotatable bonds is 7. The quantitative estimate of drug-likeness (QED) is 0.751. The summed E-state index contributed by atoms with van der Waals surface area (Å²) in [7, 11) is 1.70. The van der Waals surface area contributed by atoms with Crippen molar-refractivity contribution < 1.29 is 4.74 Å². The summed E-state index contributed by atoms with van der Waals surface area (Å²) in [5, 5.41) is 3.27. The molecule has 0 amide bonds. The van der Waals surface area contributed by atoms with Gasteiger partial charge < -0.3 is 15.0 Å². The first kappa shape index (κ1) is 13.8. The van der Waals surface area contributed by atoms with Crippen molar-refractivity contribution in [1.82, 2.24) is 15.3 Å². The fourth-order valence-corrected chi connectivity index (χ4v) is 1.90. The Morgan fingerprint density at radius 3 is 2.74 bits per heavy atom. The molecule has 0 atom stereocenters. The van der Waals surface area contributed by atoms with Crippen molar-refractivity contribution in [2.45, 2.75) is 19.9 Å². The van der Waals surface area contributed by atoms with E-state index in [1.807, 2.05) is 6.20 Å². The number of H-pyrrole nitrogens is 1. The molecule has 1 aromatic carbocycles. The summed E-state index contributed by atoms with van der Waals surface area (Å²) in [5.74, 6) is 0.950. The van der Waals surface area contributed by atoms with Crippen molar-refractivity contribution in [2.75, 3.05) is 20.3 Å². The summed E-state index contributed by atoms with van der Waals surface area (Å²) >= 11 is 0. The van der Waals surface area contributed by atoms with Crippen molar-refractivity contribution >= 4 is 0 Å². The van der Waals surface area contributed by atoms with E-state index in [0.717, 1.165) is 31.0 Å². The summed E-state index contributed by atoms with van der Waals surface area (Å²) < 4.78 is 4.98. The number of aromatic amines is 1. The van der Waals surface area contributed by atoms with Crippen LogP contribution in [0.2, 0.25) is 0 Å². The number of benzene rings is 1. The summed E-state index contributed by atoms with van der Waals surface area (Å²) in [4.78, 5) is 7.70. The third-order valence-corrected chi connectivity index (χ3v) is 3.08. The highest BCUT2D eigenvalue weighted by molar-refractivity contribution is 5.58. The molecule has 0 saturated carbocycles. The van der Waals surface area contributed by atoms with E-state index in [2.05, 4.69) is 46.5 Å². The van der Waals surface area contributed by atoms with E-state index in [0.29, 0.717) is 6.61 Å². The Balaban J connectivity index is 1.95. The van der Waals surface area contributed by atoms with Gasteiger partial charge in [0.2, 0.25) is 0 Å². The normalized spacial score (nSPS) is 10.8. The number of imidazole rings is 1. The molecule has 1 aromatic heterocycles. The maximum atomic E-state index is 4.98. The van der Waals surface area contributed by atoms with Gasteiger partial charge in [-0.3, -0.25) is 0 Å². The van der Waals surface area contributed by atoms with Crippen LogP contribution in [0, 0.1) is 0 Å². The number of nitrogens with zero attached hydrogens (tertiary/aromatic N) is 1. The maximum absolute atomic E-state index is 4.98. The maximum Gasteiger partial charge on any atom is 0.120 e. The first-order chi connectivity index (χ1) is 9.33. The zero-order valence-electron chi connectivity index (χ0n) is 11.6. The Morgan fingerprint density at radius 1 is 1.26 bits per heavy atom. The number of aromatic nitrogens is 2. The van der Waals surface area contributed by atoms with Crippen LogP contribution in [-0.2, 0) is 17.7 Å².